The zero-order valence-electron chi connectivity index (χ0n) is 12.8. The number of aliphatic hydroxyl groups is 1. The van der Waals surface area contributed by atoms with E-state index in [1.807, 2.05) is 26.0 Å². The van der Waals surface area contributed by atoms with Crippen LogP contribution in [0, 0.1) is 0 Å². The van der Waals surface area contributed by atoms with E-state index in [-0.39, 0.29) is 6.61 Å². The van der Waals surface area contributed by atoms with Gasteiger partial charge in [0.25, 0.3) is 0 Å². The number of carboxylic acid groups (broad SMARTS) is 1. The molecule has 0 fully saturated rings. The van der Waals surface area contributed by atoms with E-state index in [1.54, 1.807) is 12.1 Å². The molecule has 3 N–H and O–H groups in total. The molecule has 21 heavy (non-hydrogen) atoms. The lowest BCUT2D eigenvalue weighted by Crippen LogP contribution is -2.51. The normalized spacial score (nSPS) is 13.7. The van der Waals surface area contributed by atoms with Gasteiger partial charge in [0.2, 0.25) is 0 Å². The predicted molar refractivity (Wildman–Crippen MR) is 81.4 cm³/mol. The Morgan fingerprint density at radius 2 is 1.95 bits per heavy atom. The van der Waals surface area contributed by atoms with E-state index in [2.05, 4.69) is 5.32 Å². The molecule has 1 rings (SSSR count). The zero-order chi connectivity index (χ0) is 15.7. The Balaban J connectivity index is 2.45. The first-order valence-electron chi connectivity index (χ1n) is 7.39. The first-order valence-corrected chi connectivity index (χ1v) is 7.39. The molecule has 0 aromatic heterocycles. The van der Waals surface area contributed by atoms with Crippen molar-refractivity contribution in [3.8, 4) is 5.75 Å². The Morgan fingerprint density at radius 3 is 2.43 bits per heavy atom. The van der Waals surface area contributed by atoms with Crippen molar-refractivity contribution in [3.63, 3.8) is 0 Å². The molecule has 0 amide bonds. The molecule has 5 nitrogen and oxygen atoms in total. The van der Waals surface area contributed by atoms with Gasteiger partial charge in [0, 0.05) is 0 Å². The van der Waals surface area contributed by atoms with Crippen molar-refractivity contribution in [2.75, 3.05) is 13.2 Å². The highest BCUT2D eigenvalue weighted by molar-refractivity contribution is 5.78. The number of likely N-dealkylation sites (N-methyl/N-ethyl adjacent to an activating group) is 1. The van der Waals surface area contributed by atoms with Crippen LogP contribution in [-0.4, -0.2) is 34.9 Å². The van der Waals surface area contributed by atoms with Crippen molar-refractivity contribution >= 4 is 5.97 Å². The van der Waals surface area contributed by atoms with Crippen LogP contribution in [0.15, 0.2) is 24.3 Å². The highest BCUT2D eigenvalue weighted by atomic mass is 16.5. The molecule has 0 aliphatic heterocycles. The summed E-state index contributed by atoms with van der Waals surface area (Å²) in [5, 5.41) is 21.4. The second-order valence-corrected chi connectivity index (χ2v) is 5.03. The van der Waals surface area contributed by atoms with E-state index in [0.717, 1.165) is 11.3 Å². The number of rotatable bonds is 10. The number of aliphatic carboxylic acids is 1. The van der Waals surface area contributed by atoms with Crippen LogP contribution >= 0.6 is 0 Å². The minimum absolute atomic E-state index is 0.0145. The minimum Gasteiger partial charge on any atom is -0.494 e. The summed E-state index contributed by atoms with van der Waals surface area (Å²) in [5.74, 6) is -0.0766. The summed E-state index contributed by atoms with van der Waals surface area (Å²) in [7, 11) is 0. The van der Waals surface area contributed by atoms with Crippen molar-refractivity contribution in [2.24, 2.45) is 0 Å². The summed E-state index contributed by atoms with van der Waals surface area (Å²) in [6, 6.07) is 7.23. The van der Waals surface area contributed by atoms with E-state index in [1.165, 1.54) is 0 Å². The van der Waals surface area contributed by atoms with Crippen molar-refractivity contribution in [1.82, 2.24) is 5.32 Å². The molecule has 0 aliphatic carbocycles. The summed E-state index contributed by atoms with van der Waals surface area (Å²) < 4.78 is 5.60. The van der Waals surface area contributed by atoms with Crippen LogP contribution in [0.1, 0.15) is 38.7 Å². The quantitative estimate of drug-likeness (QED) is 0.577. The minimum atomic E-state index is -0.862. The molecule has 0 radical (unpaired) electrons. The molecular formula is C16H25NO4. The molecule has 0 heterocycles. The maximum Gasteiger partial charge on any atom is 0.323 e. The monoisotopic (exact) mass is 295 g/mol. The zero-order valence-corrected chi connectivity index (χ0v) is 12.8. The number of benzene rings is 1. The molecule has 5 heteroatoms. The third-order valence-corrected chi connectivity index (χ3v) is 3.65. The predicted octanol–water partition coefficient (Wildman–Crippen LogP) is 2.18. The Labute approximate surface area is 125 Å². The van der Waals surface area contributed by atoms with Gasteiger partial charge in [-0.05, 0) is 43.5 Å². The van der Waals surface area contributed by atoms with E-state index in [9.17, 15) is 9.90 Å². The average Bonchev–Trinajstić information content (AvgIpc) is 2.50. The number of hydrogen-bond donors (Lipinski definition) is 3. The van der Waals surface area contributed by atoms with Crippen LogP contribution < -0.4 is 10.1 Å². The van der Waals surface area contributed by atoms with Gasteiger partial charge in [0.05, 0.1) is 13.2 Å². The largest absolute Gasteiger partial charge is 0.494 e. The summed E-state index contributed by atoms with van der Waals surface area (Å²) in [4.78, 5) is 11.5. The summed E-state index contributed by atoms with van der Waals surface area (Å²) in [5.41, 5.74) is -0.0239. The van der Waals surface area contributed by atoms with Crippen LogP contribution in [0.2, 0.25) is 0 Å². The molecule has 0 saturated heterocycles. The smallest absolute Gasteiger partial charge is 0.323 e. The van der Waals surface area contributed by atoms with Gasteiger partial charge in [0.1, 0.15) is 11.3 Å². The van der Waals surface area contributed by atoms with Gasteiger partial charge in [-0.2, -0.15) is 0 Å². The lowest BCUT2D eigenvalue weighted by Gasteiger charge is -2.29. The summed E-state index contributed by atoms with van der Waals surface area (Å²) >= 11 is 0. The second-order valence-electron chi connectivity index (χ2n) is 5.03. The van der Waals surface area contributed by atoms with Gasteiger partial charge < -0.3 is 20.3 Å². The van der Waals surface area contributed by atoms with Crippen molar-refractivity contribution < 1.29 is 19.7 Å². The van der Waals surface area contributed by atoms with Crippen LogP contribution in [0.4, 0.5) is 0 Å². The first kappa shape index (κ1) is 17.5. The highest BCUT2D eigenvalue weighted by Crippen LogP contribution is 2.19. The van der Waals surface area contributed by atoms with Gasteiger partial charge >= 0.3 is 5.97 Å². The highest BCUT2D eigenvalue weighted by Gasteiger charge is 2.34. The number of ether oxygens (including phenoxy) is 1. The van der Waals surface area contributed by atoms with Crippen molar-refractivity contribution in [1.29, 1.82) is 0 Å². The average molecular weight is 295 g/mol. The van der Waals surface area contributed by atoms with Gasteiger partial charge in [-0.1, -0.05) is 26.0 Å². The van der Waals surface area contributed by atoms with Gasteiger partial charge in [0.15, 0.2) is 0 Å². The third-order valence-electron chi connectivity index (χ3n) is 3.65. The van der Waals surface area contributed by atoms with E-state index in [4.69, 9.17) is 9.84 Å². The fourth-order valence-corrected chi connectivity index (χ4v) is 2.32. The Bertz CT molecular complexity index is 432. The molecule has 118 valence electrons. The molecule has 0 saturated carbocycles. The molecule has 1 aromatic rings. The van der Waals surface area contributed by atoms with Crippen molar-refractivity contribution in [3.05, 3.63) is 29.8 Å². The standard InChI is InChI=1S/C16H25NO4/c1-3-16(15(19)20,17-4-2)10-5-11-21-14-8-6-13(12-18)7-9-14/h6-9,17-18H,3-5,10-12H2,1-2H3,(H,19,20). The van der Waals surface area contributed by atoms with Crippen LogP contribution in [0.25, 0.3) is 0 Å². The Kier molecular flexibility index (Phi) is 7.19. The second kappa shape index (κ2) is 8.64. The molecule has 0 bridgehead atoms. The van der Waals surface area contributed by atoms with Crippen LogP contribution in [-0.2, 0) is 11.4 Å². The topological polar surface area (TPSA) is 78.8 Å². The number of carboxylic acids is 1. The lowest BCUT2D eigenvalue weighted by atomic mass is 9.90. The summed E-state index contributed by atoms with van der Waals surface area (Å²) in [6.45, 7) is 4.90. The lowest BCUT2D eigenvalue weighted by molar-refractivity contribution is -0.145. The van der Waals surface area contributed by atoms with Crippen molar-refractivity contribution in [2.45, 2.75) is 45.3 Å². The van der Waals surface area contributed by atoms with E-state index in [0.29, 0.717) is 32.4 Å². The fraction of sp³-hybridized carbons (Fsp3) is 0.562. The molecule has 1 atom stereocenters. The van der Waals surface area contributed by atoms with E-state index < -0.39 is 11.5 Å². The van der Waals surface area contributed by atoms with Gasteiger partial charge in [-0.15, -0.1) is 0 Å². The Morgan fingerprint density at radius 1 is 1.29 bits per heavy atom. The van der Waals surface area contributed by atoms with Crippen LogP contribution in [0.5, 0.6) is 5.75 Å². The van der Waals surface area contributed by atoms with Gasteiger partial charge in [-0.25, -0.2) is 0 Å². The van der Waals surface area contributed by atoms with Crippen LogP contribution in [0.3, 0.4) is 0 Å². The fourth-order valence-electron chi connectivity index (χ4n) is 2.32. The third kappa shape index (κ3) is 5.02. The molecule has 1 unspecified atom stereocenters. The molecule has 0 spiro atoms. The maximum atomic E-state index is 11.5. The maximum absolute atomic E-state index is 11.5. The van der Waals surface area contributed by atoms with Gasteiger partial charge in [-0.3, -0.25) is 4.79 Å². The Hall–Kier alpha value is -1.59. The number of aliphatic hydroxyl groups excluding tert-OH is 1. The van der Waals surface area contributed by atoms with E-state index >= 15 is 0 Å². The number of nitrogens with one attached hydrogen (secondary N) is 1. The molecule has 0 aliphatic rings. The SMILES string of the molecule is CCNC(CC)(CCCOc1ccc(CO)cc1)C(=O)O. The molecular weight excluding hydrogens is 270 g/mol. The first-order chi connectivity index (χ1) is 10.1. The number of carbonyl (C=O) groups is 1. The molecule has 1 aromatic carbocycles. The number of hydrogen-bond acceptors (Lipinski definition) is 4. The summed E-state index contributed by atoms with van der Waals surface area (Å²) in [6.07, 6.45) is 1.73.